The molecule has 86 valence electrons. The molecule has 0 aromatic heterocycles. The minimum atomic E-state index is 0.531. The summed E-state index contributed by atoms with van der Waals surface area (Å²) in [4.78, 5) is 0. The predicted octanol–water partition coefficient (Wildman–Crippen LogP) is 4.81. The first-order valence-corrected chi connectivity index (χ1v) is 6.64. The van der Waals surface area contributed by atoms with Crippen LogP contribution in [0.3, 0.4) is 0 Å². The fraction of sp³-hybridized carbons (Fsp3) is 0.867. The molecule has 0 aromatic rings. The van der Waals surface area contributed by atoms with Crippen molar-refractivity contribution in [2.45, 2.75) is 59.8 Å². The Morgan fingerprint density at radius 3 is 2.33 bits per heavy atom. The molecule has 0 N–H and O–H groups in total. The topological polar surface area (TPSA) is 0 Å². The minimum absolute atomic E-state index is 0.531. The highest BCUT2D eigenvalue weighted by atomic mass is 14.4. The SMILES string of the molecule is C/C=C1/CC2CC[C@H](C(C)(C)C)C[C@@H]2C1. The van der Waals surface area contributed by atoms with E-state index < -0.39 is 0 Å². The highest BCUT2D eigenvalue weighted by molar-refractivity contribution is 5.11. The zero-order valence-corrected chi connectivity index (χ0v) is 10.8. The molecule has 0 aromatic carbocycles. The van der Waals surface area contributed by atoms with Crippen LogP contribution in [0.25, 0.3) is 0 Å². The van der Waals surface area contributed by atoms with Crippen molar-refractivity contribution in [3.8, 4) is 0 Å². The van der Waals surface area contributed by atoms with Crippen molar-refractivity contribution >= 4 is 0 Å². The Hall–Kier alpha value is -0.260. The second-order valence-electron chi connectivity index (χ2n) is 6.75. The average molecular weight is 206 g/mol. The Morgan fingerprint density at radius 1 is 1.07 bits per heavy atom. The third-order valence-corrected chi connectivity index (χ3v) is 4.82. The Labute approximate surface area is 95.1 Å². The van der Waals surface area contributed by atoms with Crippen molar-refractivity contribution in [3.05, 3.63) is 11.6 Å². The lowest BCUT2D eigenvalue weighted by Gasteiger charge is -2.39. The molecule has 2 aliphatic carbocycles. The second-order valence-corrected chi connectivity index (χ2v) is 6.75. The van der Waals surface area contributed by atoms with Crippen LogP contribution < -0.4 is 0 Å². The van der Waals surface area contributed by atoms with Crippen molar-refractivity contribution in [2.24, 2.45) is 23.2 Å². The maximum atomic E-state index is 2.42. The van der Waals surface area contributed by atoms with Gasteiger partial charge in [-0.15, -0.1) is 0 Å². The van der Waals surface area contributed by atoms with E-state index in [1.165, 1.54) is 32.1 Å². The molecule has 2 fully saturated rings. The first kappa shape index (κ1) is 11.2. The zero-order chi connectivity index (χ0) is 11.1. The van der Waals surface area contributed by atoms with E-state index in [4.69, 9.17) is 0 Å². The van der Waals surface area contributed by atoms with Gasteiger partial charge >= 0.3 is 0 Å². The normalized spacial score (nSPS) is 39.5. The van der Waals surface area contributed by atoms with Gasteiger partial charge in [-0.2, -0.15) is 0 Å². The van der Waals surface area contributed by atoms with Crippen molar-refractivity contribution in [1.29, 1.82) is 0 Å². The highest BCUT2D eigenvalue weighted by Crippen LogP contribution is 2.50. The van der Waals surface area contributed by atoms with Crippen molar-refractivity contribution in [3.63, 3.8) is 0 Å². The molecule has 0 spiro atoms. The standard InChI is InChI=1S/C15H26/c1-5-11-8-12-6-7-14(15(2,3)4)10-13(12)9-11/h5,12-14H,6-10H2,1-4H3/b11-5-/t12?,13-,14-/m0/s1. The van der Waals surface area contributed by atoms with Crippen LogP contribution in [0, 0.1) is 23.2 Å². The first-order chi connectivity index (χ1) is 7.00. The third kappa shape index (κ3) is 2.29. The molecule has 3 atom stereocenters. The van der Waals surface area contributed by atoms with Gasteiger partial charge in [0.05, 0.1) is 0 Å². The summed E-state index contributed by atoms with van der Waals surface area (Å²) in [6.45, 7) is 9.48. The molecule has 0 nitrogen and oxygen atoms in total. The maximum absolute atomic E-state index is 2.42. The van der Waals surface area contributed by atoms with Gasteiger partial charge in [-0.1, -0.05) is 32.4 Å². The summed E-state index contributed by atoms with van der Waals surface area (Å²) in [5.74, 6) is 3.03. The van der Waals surface area contributed by atoms with Crippen LogP contribution in [0.2, 0.25) is 0 Å². The maximum Gasteiger partial charge on any atom is -0.0289 e. The number of fused-ring (bicyclic) bond motifs is 1. The molecule has 2 aliphatic rings. The summed E-state index contributed by atoms with van der Waals surface area (Å²) in [5, 5.41) is 0. The second kappa shape index (κ2) is 3.96. The summed E-state index contributed by atoms with van der Waals surface area (Å²) in [6.07, 6.45) is 9.65. The van der Waals surface area contributed by atoms with Gasteiger partial charge in [-0.3, -0.25) is 0 Å². The van der Waals surface area contributed by atoms with Gasteiger partial charge in [0, 0.05) is 0 Å². The van der Waals surface area contributed by atoms with Gasteiger partial charge in [0.15, 0.2) is 0 Å². The Kier molecular flexibility index (Phi) is 2.96. The van der Waals surface area contributed by atoms with Crippen LogP contribution in [-0.4, -0.2) is 0 Å². The fourth-order valence-electron chi connectivity index (χ4n) is 3.62. The lowest BCUT2D eigenvalue weighted by atomic mass is 9.66. The van der Waals surface area contributed by atoms with Crippen LogP contribution in [0.15, 0.2) is 11.6 Å². The molecule has 1 unspecified atom stereocenters. The first-order valence-electron chi connectivity index (χ1n) is 6.64. The van der Waals surface area contributed by atoms with Gasteiger partial charge in [-0.25, -0.2) is 0 Å². The van der Waals surface area contributed by atoms with Crippen LogP contribution in [0.1, 0.15) is 59.8 Å². The number of hydrogen-bond acceptors (Lipinski definition) is 0. The number of allylic oxidation sites excluding steroid dienone is 2. The monoisotopic (exact) mass is 206 g/mol. The van der Waals surface area contributed by atoms with E-state index in [9.17, 15) is 0 Å². The Balaban J connectivity index is 2.01. The van der Waals surface area contributed by atoms with Gasteiger partial charge in [0.1, 0.15) is 0 Å². The van der Waals surface area contributed by atoms with Crippen LogP contribution >= 0.6 is 0 Å². The van der Waals surface area contributed by atoms with E-state index in [2.05, 4.69) is 33.8 Å². The summed E-state index contributed by atoms with van der Waals surface area (Å²) < 4.78 is 0. The van der Waals surface area contributed by atoms with E-state index in [1.807, 2.05) is 0 Å². The van der Waals surface area contributed by atoms with E-state index in [1.54, 1.807) is 5.57 Å². The summed E-state index contributed by atoms with van der Waals surface area (Å²) in [6, 6.07) is 0. The average Bonchev–Trinajstić information content (AvgIpc) is 2.57. The van der Waals surface area contributed by atoms with E-state index in [-0.39, 0.29) is 0 Å². The molecule has 0 radical (unpaired) electrons. The van der Waals surface area contributed by atoms with Gasteiger partial charge in [-0.05, 0) is 62.2 Å². The number of hydrogen-bond donors (Lipinski definition) is 0. The predicted molar refractivity (Wildman–Crippen MR) is 66.8 cm³/mol. The van der Waals surface area contributed by atoms with Crippen molar-refractivity contribution in [1.82, 2.24) is 0 Å². The van der Waals surface area contributed by atoms with E-state index in [0.29, 0.717) is 5.41 Å². The molecule has 0 heteroatoms. The van der Waals surface area contributed by atoms with Crippen LogP contribution in [-0.2, 0) is 0 Å². The summed E-state index contributed by atoms with van der Waals surface area (Å²) in [5.41, 5.74) is 2.27. The zero-order valence-electron chi connectivity index (χ0n) is 10.8. The third-order valence-electron chi connectivity index (χ3n) is 4.82. The highest BCUT2D eigenvalue weighted by Gasteiger charge is 2.39. The molecule has 0 aliphatic heterocycles. The molecule has 15 heavy (non-hydrogen) atoms. The Bertz CT molecular complexity index is 254. The molecular formula is C15H26. The summed E-state index contributed by atoms with van der Waals surface area (Å²) in [7, 11) is 0. The molecular weight excluding hydrogens is 180 g/mol. The molecule has 0 heterocycles. The van der Waals surface area contributed by atoms with E-state index in [0.717, 1.165) is 17.8 Å². The minimum Gasteiger partial charge on any atom is -0.0884 e. The van der Waals surface area contributed by atoms with Crippen molar-refractivity contribution in [2.75, 3.05) is 0 Å². The largest absolute Gasteiger partial charge is 0.0884 e. The van der Waals surface area contributed by atoms with Crippen LogP contribution in [0.5, 0.6) is 0 Å². The molecule has 0 bridgehead atoms. The quantitative estimate of drug-likeness (QED) is 0.499. The van der Waals surface area contributed by atoms with Gasteiger partial charge in [0.2, 0.25) is 0 Å². The smallest absolute Gasteiger partial charge is 0.0289 e. The van der Waals surface area contributed by atoms with Crippen LogP contribution in [0.4, 0.5) is 0 Å². The fourth-order valence-corrected chi connectivity index (χ4v) is 3.62. The van der Waals surface area contributed by atoms with Crippen molar-refractivity contribution < 1.29 is 0 Å². The lowest BCUT2D eigenvalue weighted by Crippen LogP contribution is -2.29. The summed E-state index contributed by atoms with van der Waals surface area (Å²) >= 11 is 0. The molecule has 0 amide bonds. The Morgan fingerprint density at radius 2 is 1.73 bits per heavy atom. The van der Waals surface area contributed by atoms with Gasteiger partial charge in [0.25, 0.3) is 0 Å². The molecule has 2 saturated carbocycles. The molecule has 2 rings (SSSR count). The number of rotatable bonds is 0. The van der Waals surface area contributed by atoms with Gasteiger partial charge < -0.3 is 0 Å². The lowest BCUT2D eigenvalue weighted by molar-refractivity contribution is 0.114. The molecule has 0 saturated heterocycles. The van der Waals surface area contributed by atoms with E-state index >= 15 is 0 Å².